The number of hydrogen-bond donors (Lipinski definition) is 2. The number of Topliss-reactive ketones (excluding diaryl/α,β-unsaturated/α-hetero) is 1. The van der Waals surface area contributed by atoms with E-state index in [1.807, 2.05) is 0 Å². The van der Waals surface area contributed by atoms with Gasteiger partial charge in [-0.05, 0) is 6.92 Å². The molecule has 3 rings (SSSR count). The van der Waals surface area contributed by atoms with Crippen LogP contribution >= 0.6 is 12.4 Å². The molecule has 0 amide bonds. The molecule has 0 atom stereocenters. The third-order valence-electron chi connectivity index (χ3n) is 3.54. The van der Waals surface area contributed by atoms with Gasteiger partial charge in [-0.1, -0.05) is 24.3 Å². The van der Waals surface area contributed by atoms with E-state index in [9.17, 15) is 9.90 Å². The van der Waals surface area contributed by atoms with Gasteiger partial charge >= 0.3 is 0 Å². The van der Waals surface area contributed by atoms with Gasteiger partial charge in [0, 0.05) is 41.7 Å². The molecule has 0 fully saturated rings. The minimum absolute atomic E-state index is 0. The summed E-state index contributed by atoms with van der Waals surface area (Å²) < 4.78 is 0. The van der Waals surface area contributed by atoms with Gasteiger partial charge in [0.15, 0.2) is 5.78 Å². The zero-order valence-corrected chi connectivity index (χ0v) is 12.9. The molecular formula is C16H16ClN3O2. The number of benzene rings is 1. The van der Waals surface area contributed by atoms with E-state index in [2.05, 4.69) is 15.0 Å². The average molecular weight is 318 g/mol. The predicted molar refractivity (Wildman–Crippen MR) is 87.8 cm³/mol. The van der Waals surface area contributed by atoms with Crippen LogP contribution in [0.3, 0.4) is 0 Å². The van der Waals surface area contributed by atoms with Crippen LogP contribution in [0.25, 0.3) is 5.76 Å². The van der Waals surface area contributed by atoms with Crippen LogP contribution in [-0.4, -0.2) is 33.1 Å². The van der Waals surface area contributed by atoms with Crippen LogP contribution in [0.5, 0.6) is 0 Å². The van der Waals surface area contributed by atoms with Crippen LogP contribution in [0, 0.1) is 0 Å². The number of rotatable bonds is 4. The number of carbonyl (C=O) groups is 1. The van der Waals surface area contributed by atoms with E-state index in [0.29, 0.717) is 35.4 Å². The summed E-state index contributed by atoms with van der Waals surface area (Å²) in [5.74, 6) is -0.135. The van der Waals surface area contributed by atoms with E-state index in [1.54, 1.807) is 43.7 Å². The second kappa shape index (κ2) is 6.58. The molecule has 1 aromatic carbocycles. The minimum Gasteiger partial charge on any atom is -0.506 e. The number of aromatic nitrogens is 2. The van der Waals surface area contributed by atoms with Gasteiger partial charge in [-0.2, -0.15) is 0 Å². The number of fused-ring (bicyclic) bond motifs is 1. The zero-order valence-electron chi connectivity index (χ0n) is 12.0. The first-order chi connectivity index (χ1) is 10.2. The first-order valence-electron chi connectivity index (χ1n) is 6.74. The van der Waals surface area contributed by atoms with Crippen LogP contribution < -0.4 is 0 Å². The molecule has 1 aromatic heterocycles. The van der Waals surface area contributed by atoms with E-state index < -0.39 is 0 Å². The van der Waals surface area contributed by atoms with Gasteiger partial charge < -0.3 is 10.1 Å². The van der Waals surface area contributed by atoms with E-state index >= 15 is 0 Å². The van der Waals surface area contributed by atoms with Crippen molar-refractivity contribution in [1.82, 2.24) is 9.97 Å². The zero-order chi connectivity index (χ0) is 14.8. The third-order valence-corrected chi connectivity index (χ3v) is 3.54. The van der Waals surface area contributed by atoms with Crippen molar-refractivity contribution >= 4 is 29.7 Å². The molecule has 0 bridgehead atoms. The summed E-state index contributed by atoms with van der Waals surface area (Å²) in [5, 5.41) is 10.2. The number of aliphatic hydroxyl groups excluding tert-OH is 1. The number of imidazole rings is 1. The van der Waals surface area contributed by atoms with Gasteiger partial charge in [0.05, 0.1) is 11.9 Å². The van der Waals surface area contributed by atoms with E-state index in [4.69, 9.17) is 0 Å². The van der Waals surface area contributed by atoms with E-state index in [1.165, 1.54) is 0 Å². The number of ketones is 1. The molecule has 22 heavy (non-hydrogen) atoms. The van der Waals surface area contributed by atoms with Gasteiger partial charge in [0.25, 0.3) is 0 Å². The van der Waals surface area contributed by atoms with Crippen LogP contribution in [0.2, 0.25) is 0 Å². The van der Waals surface area contributed by atoms with E-state index in [0.717, 1.165) is 5.69 Å². The molecule has 0 saturated carbocycles. The fraction of sp³-hybridized carbons (Fsp3) is 0.188. The number of hydrogen-bond acceptors (Lipinski definition) is 4. The van der Waals surface area contributed by atoms with Crippen LogP contribution in [0.4, 0.5) is 0 Å². The maximum absolute atomic E-state index is 12.3. The number of aliphatic imine (C=N–C) groups is 1. The molecule has 5 nitrogen and oxygen atoms in total. The summed E-state index contributed by atoms with van der Waals surface area (Å²) in [4.78, 5) is 23.7. The number of carbonyl (C=O) groups excluding carboxylic acids is 1. The molecule has 0 radical (unpaired) electrons. The molecular weight excluding hydrogens is 302 g/mol. The Morgan fingerprint density at radius 2 is 2.05 bits per heavy atom. The number of nitrogens with zero attached hydrogens (tertiary/aromatic N) is 2. The Bertz CT molecular complexity index is 749. The van der Waals surface area contributed by atoms with Gasteiger partial charge in [-0.15, -0.1) is 12.4 Å². The smallest absolute Gasteiger partial charge is 0.199 e. The lowest BCUT2D eigenvalue weighted by Gasteiger charge is -2.01. The molecule has 0 unspecified atom stereocenters. The van der Waals surface area contributed by atoms with Crippen molar-refractivity contribution in [2.24, 2.45) is 4.99 Å². The Hall–Kier alpha value is -2.40. The van der Waals surface area contributed by atoms with Gasteiger partial charge in [-0.25, -0.2) is 4.98 Å². The summed E-state index contributed by atoms with van der Waals surface area (Å²) in [6.45, 7) is 2.29. The molecule has 0 aliphatic heterocycles. The SMILES string of the molecule is CC(=NCCc1cnc[nH]1)C1=C(O)c2ccccc2C1=O.Cl. The van der Waals surface area contributed by atoms with Crippen molar-refractivity contribution in [3.8, 4) is 0 Å². The summed E-state index contributed by atoms with van der Waals surface area (Å²) in [6, 6.07) is 7.06. The minimum atomic E-state index is -0.161. The summed E-state index contributed by atoms with van der Waals surface area (Å²) in [5.41, 5.74) is 2.98. The van der Waals surface area contributed by atoms with Gasteiger partial charge in [-0.3, -0.25) is 9.79 Å². The highest BCUT2D eigenvalue weighted by Gasteiger charge is 2.30. The first kappa shape index (κ1) is 16.0. The first-order valence-corrected chi connectivity index (χ1v) is 6.74. The lowest BCUT2D eigenvalue weighted by atomic mass is 10.1. The number of allylic oxidation sites excluding steroid dienone is 1. The third kappa shape index (κ3) is 2.80. The van der Waals surface area contributed by atoms with Gasteiger partial charge in [0.1, 0.15) is 5.76 Å². The maximum Gasteiger partial charge on any atom is 0.199 e. The number of aliphatic hydroxyl groups is 1. The number of nitrogens with one attached hydrogen (secondary N) is 1. The highest BCUT2D eigenvalue weighted by molar-refractivity contribution is 6.35. The monoisotopic (exact) mass is 317 g/mol. The average Bonchev–Trinajstić information content (AvgIpc) is 3.08. The Labute approximate surface area is 134 Å². The molecule has 6 heteroatoms. The second-order valence-corrected chi connectivity index (χ2v) is 4.89. The molecule has 0 saturated heterocycles. The van der Waals surface area contributed by atoms with Crippen LogP contribution in [0.15, 0.2) is 47.4 Å². The topological polar surface area (TPSA) is 78.3 Å². The van der Waals surface area contributed by atoms with Crippen molar-refractivity contribution in [2.45, 2.75) is 13.3 Å². The molecule has 0 spiro atoms. The van der Waals surface area contributed by atoms with Crippen molar-refractivity contribution in [2.75, 3.05) is 6.54 Å². The maximum atomic E-state index is 12.3. The molecule has 1 heterocycles. The lowest BCUT2D eigenvalue weighted by molar-refractivity contribution is 0.104. The Kier molecular flexibility index (Phi) is 4.78. The van der Waals surface area contributed by atoms with Gasteiger partial charge in [0.2, 0.25) is 0 Å². The van der Waals surface area contributed by atoms with Crippen LogP contribution in [0.1, 0.15) is 28.5 Å². The molecule has 114 valence electrons. The summed E-state index contributed by atoms with van der Waals surface area (Å²) in [6.07, 6.45) is 4.09. The predicted octanol–water partition coefficient (Wildman–Crippen LogP) is 3.00. The standard InChI is InChI=1S/C16H15N3O2.ClH/c1-10(18-7-6-11-8-17-9-19-11)14-15(20)12-4-2-3-5-13(12)16(14)21;/h2-5,8-9,20H,6-7H2,1H3,(H,17,19);1H. The lowest BCUT2D eigenvalue weighted by Crippen LogP contribution is -2.08. The van der Waals surface area contributed by atoms with Crippen molar-refractivity contribution in [1.29, 1.82) is 0 Å². The fourth-order valence-corrected chi connectivity index (χ4v) is 2.44. The number of halogens is 1. The quantitative estimate of drug-likeness (QED) is 0.851. The normalized spacial score (nSPS) is 14.0. The molecule has 2 N–H and O–H groups in total. The molecule has 1 aliphatic carbocycles. The highest BCUT2D eigenvalue weighted by Crippen LogP contribution is 2.31. The van der Waals surface area contributed by atoms with Crippen LogP contribution in [-0.2, 0) is 6.42 Å². The summed E-state index contributed by atoms with van der Waals surface area (Å²) in [7, 11) is 0. The highest BCUT2D eigenvalue weighted by atomic mass is 35.5. The van der Waals surface area contributed by atoms with Crippen molar-refractivity contribution < 1.29 is 9.90 Å². The molecule has 1 aliphatic rings. The number of aromatic amines is 1. The Morgan fingerprint density at radius 1 is 1.32 bits per heavy atom. The largest absolute Gasteiger partial charge is 0.506 e. The molecule has 2 aromatic rings. The summed E-state index contributed by atoms with van der Waals surface area (Å²) >= 11 is 0. The Morgan fingerprint density at radius 3 is 2.68 bits per heavy atom. The fourth-order valence-electron chi connectivity index (χ4n) is 2.44. The second-order valence-electron chi connectivity index (χ2n) is 4.89. The van der Waals surface area contributed by atoms with Crippen molar-refractivity contribution in [3.05, 3.63) is 59.2 Å². The number of H-pyrrole nitrogens is 1. The van der Waals surface area contributed by atoms with E-state index in [-0.39, 0.29) is 23.9 Å². The Balaban J connectivity index is 0.00000176. The van der Waals surface area contributed by atoms with Crippen molar-refractivity contribution in [3.63, 3.8) is 0 Å².